The highest BCUT2D eigenvalue weighted by Gasteiger charge is 2.23. The molecule has 1 aromatic carbocycles. The van der Waals surface area contributed by atoms with E-state index in [4.69, 9.17) is 4.74 Å². The average molecular weight is 356 g/mol. The van der Waals surface area contributed by atoms with Gasteiger partial charge in [-0.3, -0.25) is 4.79 Å². The number of rotatable bonds is 5. The van der Waals surface area contributed by atoms with Crippen molar-refractivity contribution in [3.63, 3.8) is 0 Å². The fourth-order valence-corrected chi connectivity index (χ4v) is 3.41. The SMILES string of the molecule is COc1ccc(NC(=O)c2snnc2C)cc1S(=O)(=O)N(C)C. The number of methoxy groups -OCH3 is 1. The third kappa shape index (κ3) is 3.49. The summed E-state index contributed by atoms with van der Waals surface area (Å²) in [5, 5.41) is 6.41. The van der Waals surface area contributed by atoms with Crippen LogP contribution in [0.4, 0.5) is 5.69 Å². The van der Waals surface area contributed by atoms with Crippen LogP contribution in [0.1, 0.15) is 15.4 Å². The number of hydrogen-bond donors (Lipinski definition) is 1. The lowest BCUT2D eigenvalue weighted by molar-refractivity contribution is 0.102. The van der Waals surface area contributed by atoms with E-state index in [9.17, 15) is 13.2 Å². The molecule has 0 aliphatic rings. The van der Waals surface area contributed by atoms with Crippen molar-refractivity contribution in [1.29, 1.82) is 0 Å². The zero-order chi connectivity index (χ0) is 17.2. The Morgan fingerprint density at radius 1 is 1.35 bits per heavy atom. The second-order valence-corrected chi connectivity index (χ2v) is 7.67. The summed E-state index contributed by atoms with van der Waals surface area (Å²) in [5.41, 5.74) is 0.853. The van der Waals surface area contributed by atoms with E-state index < -0.39 is 15.9 Å². The second kappa shape index (κ2) is 6.60. The zero-order valence-electron chi connectivity index (χ0n) is 13.0. The number of nitrogens with one attached hydrogen (secondary N) is 1. The smallest absolute Gasteiger partial charge is 0.269 e. The molecule has 0 aliphatic carbocycles. The van der Waals surface area contributed by atoms with Crippen molar-refractivity contribution in [1.82, 2.24) is 13.9 Å². The molecule has 0 spiro atoms. The maximum Gasteiger partial charge on any atom is 0.269 e. The highest BCUT2D eigenvalue weighted by atomic mass is 32.2. The molecular formula is C13H16N4O4S2. The van der Waals surface area contributed by atoms with Gasteiger partial charge in [-0.25, -0.2) is 12.7 Å². The van der Waals surface area contributed by atoms with Gasteiger partial charge >= 0.3 is 0 Å². The lowest BCUT2D eigenvalue weighted by atomic mass is 10.3. The van der Waals surface area contributed by atoms with E-state index in [2.05, 4.69) is 14.9 Å². The highest BCUT2D eigenvalue weighted by molar-refractivity contribution is 7.89. The molecule has 2 aromatic rings. The molecule has 0 saturated heterocycles. The first-order chi connectivity index (χ1) is 10.8. The summed E-state index contributed by atoms with van der Waals surface area (Å²) in [6.45, 7) is 1.67. The van der Waals surface area contributed by atoms with Crippen LogP contribution < -0.4 is 10.1 Å². The Balaban J connectivity index is 2.39. The van der Waals surface area contributed by atoms with Crippen LogP contribution in [-0.4, -0.2) is 49.4 Å². The first kappa shape index (κ1) is 17.3. The van der Waals surface area contributed by atoms with Gasteiger partial charge in [-0.05, 0) is 36.7 Å². The first-order valence-corrected chi connectivity index (χ1v) is 8.69. The fraction of sp³-hybridized carbons (Fsp3) is 0.308. The van der Waals surface area contributed by atoms with Gasteiger partial charge in [0.25, 0.3) is 5.91 Å². The Labute approximate surface area is 138 Å². The van der Waals surface area contributed by atoms with Crippen molar-refractivity contribution >= 4 is 33.2 Å². The molecule has 1 N–H and O–H groups in total. The van der Waals surface area contributed by atoms with E-state index >= 15 is 0 Å². The maximum atomic E-state index is 12.3. The number of sulfonamides is 1. The van der Waals surface area contributed by atoms with Gasteiger partial charge in [-0.15, -0.1) is 5.10 Å². The molecule has 1 aromatic heterocycles. The zero-order valence-corrected chi connectivity index (χ0v) is 14.7. The Bertz CT molecular complexity index is 830. The molecule has 1 heterocycles. The minimum Gasteiger partial charge on any atom is -0.495 e. The van der Waals surface area contributed by atoms with Crippen LogP contribution in [0.3, 0.4) is 0 Å². The summed E-state index contributed by atoms with van der Waals surface area (Å²) in [5.74, 6) is -0.191. The topological polar surface area (TPSA) is 101 Å². The summed E-state index contributed by atoms with van der Waals surface area (Å²) >= 11 is 0.975. The number of carbonyl (C=O) groups excluding carboxylic acids is 1. The van der Waals surface area contributed by atoms with E-state index in [1.165, 1.54) is 33.3 Å². The molecule has 0 unspecified atom stereocenters. The summed E-state index contributed by atoms with van der Waals surface area (Å²) < 4.78 is 34.6. The Morgan fingerprint density at radius 3 is 2.57 bits per heavy atom. The minimum absolute atomic E-state index is 0.0260. The second-order valence-electron chi connectivity index (χ2n) is 4.79. The van der Waals surface area contributed by atoms with Crippen molar-refractivity contribution in [2.75, 3.05) is 26.5 Å². The quantitative estimate of drug-likeness (QED) is 0.868. The molecular weight excluding hydrogens is 340 g/mol. The average Bonchev–Trinajstić information content (AvgIpc) is 2.93. The number of carbonyl (C=O) groups is 1. The van der Waals surface area contributed by atoms with Crippen LogP contribution in [0.15, 0.2) is 23.1 Å². The van der Waals surface area contributed by atoms with Gasteiger partial charge < -0.3 is 10.1 Å². The summed E-state index contributed by atoms with van der Waals surface area (Å²) in [6.07, 6.45) is 0. The van der Waals surface area contributed by atoms with Crippen molar-refractivity contribution in [2.24, 2.45) is 0 Å². The summed E-state index contributed by atoms with van der Waals surface area (Å²) in [4.78, 5) is 12.5. The van der Waals surface area contributed by atoms with Crippen LogP contribution in [0, 0.1) is 6.92 Å². The van der Waals surface area contributed by atoms with Crippen LogP contribution in [0.25, 0.3) is 0 Å². The number of aryl methyl sites for hydroxylation is 1. The van der Waals surface area contributed by atoms with Crippen LogP contribution in [-0.2, 0) is 10.0 Å². The number of aromatic nitrogens is 2. The predicted molar refractivity (Wildman–Crippen MR) is 86.5 cm³/mol. The largest absolute Gasteiger partial charge is 0.495 e. The summed E-state index contributed by atoms with van der Waals surface area (Å²) in [6, 6.07) is 4.41. The van der Waals surface area contributed by atoms with Crippen molar-refractivity contribution in [3.8, 4) is 5.75 Å². The molecule has 10 heteroatoms. The first-order valence-electron chi connectivity index (χ1n) is 6.48. The number of benzene rings is 1. The summed E-state index contributed by atoms with van der Waals surface area (Å²) in [7, 11) is 0.525. The molecule has 0 bridgehead atoms. The fourth-order valence-electron chi connectivity index (χ4n) is 1.78. The van der Waals surface area contributed by atoms with Crippen molar-refractivity contribution < 1.29 is 17.9 Å². The number of hydrogen-bond acceptors (Lipinski definition) is 7. The number of anilines is 1. The van der Waals surface area contributed by atoms with E-state index in [1.54, 1.807) is 13.0 Å². The highest BCUT2D eigenvalue weighted by Crippen LogP contribution is 2.29. The monoisotopic (exact) mass is 356 g/mol. The van der Waals surface area contributed by atoms with Crippen LogP contribution in [0.5, 0.6) is 5.75 Å². The standard InChI is InChI=1S/C13H16N4O4S2/c1-8-12(22-16-15-8)13(18)14-9-5-6-10(21-4)11(7-9)23(19,20)17(2)3/h5-7H,1-4H3,(H,14,18). The lowest BCUT2D eigenvalue weighted by Crippen LogP contribution is -2.23. The third-order valence-corrected chi connectivity index (χ3v) is 5.70. The number of ether oxygens (including phenoxy) is 1. The van der Waals surface area contributed by atoms with E-state index in [1.807, 2.05) is 0 Å². The Morgan fingerprint density at radius 2 is 2.04 bits per heavy atom. The number of nitrogens with zero attached hydrogens (tertiary/aromatic N) is 3. The molecule has 0 radical (unpaired) electrons. The Kier molecular flexibility index (Phi) is 4.97. The van der Waals surface area contributed by atoms with Gasteiger partial charge in [-0.1, -0.05) is 4.49 Å². The van der Waals surface area contributed by atoms with Crippen molar-refractivity contribution in [2.45, 2.75) is 11.8 Å². The molecule has 8 nitrogen and oxygen atoms in total. The molecule has 0 aliphatic heterocycles. The van der Waals surface area contributed by atoms with Gasteiger partial charge in [-0.2, -0.15) is 0 Å². The van der Waals surface area contributed by atoms with Gasteiger partial charge in [0.2, 0.25) is 10.0 Å². The van der Waals surface area contributed by atoms with E-state index in [-0.39, 0.29) is 10.6 Å². The van der Waals surface area contributed by atoms with E-state index in [0.29, 0.717) is 16.3 Å². The molecule has 1 amide bonds. The van der Waals surface area contributed by atoms with Crippen molar-refractivity contribution in [3.05, 3.63) is 28.8 Å². The molecule has 124 valence electrons. The molecule has 0 saturated carbocycles. The molecule has 23 heavy (non-hydrogen) atoms. The van der Waals surface area contributed by atoms with Gasteiger partial charge in [0.1, 0.15) is 15.5 Å². The van der Waals surface area contributed by atoms with E-state index in [0.717, 1.165) is 15.8 Å². The van der Waals surface area contributed by atoms with Gasteiger partial charge in [0.05, 0.1) is 12.8 Å². The maximum absolute atomic E-state index is 12.3. The third-order valence-electron chi connectivity index (χ3n) is 3.04. The van der Waals surface area contributed by atoms with Crippen LogP contribution in [0.2, 0.25) is 0 Å². The Hall–Kier alpha value is -2.04. The van der Waals surface area contributed by atoms with Crippen LogP contribution >= 0.6 is 11.5 Å². The predicted octanol–water partition coefficient (Wildman–Crippen LogP) is 1.36. The number of amides is 1. The molecule has 2 rings (SSSR count). The van der Waals surface area contributed by atoms with Gasteiger partial charge in [0.15, 0.2) is 0 Å². The minimum atomic E-state index is -3.70. The molecule has 0 fully saturated rings. The van der Waals surface area contributed by atoms with Gasteiger partial charge in [0, 0.05) is 19.8 Å². The lowest BCUT2D eigenvalue weighted by Gasteiger charge is -2.15. The molecule has 0 atom stereocenters. The normalized spacial score (nSPS) is 11.5.